The van der Waals surface area contributed by atoms with Crippen molar-refractivity contribution in [1.82, 2.24) is 9.88 Å². The quantitative estimate of drug-likeness (QED) is 0.537. The first-order chi connectivity index (χ1) is 14.8. The van der Waals surface area contributed by atoms with Gasteiger partial charge in [-0.25, -0.2) is 4.79 Å². The summed E-state index contributed by atoms with van der Waals surface area (Å²) in [5.41, 5.74) is 4.71. The molecule has 2 amide bonds. The highest BCUT2D eigenvalue weighted by Gasteiger charge is 2.17. The Kier molecular flexibility index (Phi) is 6.80. The van der Waals surface area contributed by atoms with Gasteiger partial charge in [0.15, 0.2) is 5.69 Å². The number of carbonyl (C=O) groups is 1. The Morgan fingerprint density at radius 3 is 2.39 bits per heavy atom. The molecule has 31 heavy (non-hydrogen) atoms. The number of nitrogens with zero attached hydrogens (tertiary/aromatic N) is 1. The summed E-state index contributed by atoms with van der Waals surface area (Å²) in [4.78, 5) is 25.6. The number of urea groups is 1. The van der Waals surface area contributed by atoms with E-state index in [0.29, 0.717) is 13.0 Å². The fourth-order valence-electron chi connectivity index (χ4n) is 3.49. The second-order valence-corrected chi connectivity index (χ2v) is 7.91. The maximum atomic E-state index is 12.9. The Balaban J connectivity index is 1.80. The maximum absolute atomic E-state index is 12.9. The number of carbonyl (C=O) groups excluding carboxylic acids is 1. The molecule has 0 aliphatic rings. The molecule has 1 heterocycles. The number of aryl methyl sites for hydroxylation is 3. The van der Waals surface area contributed by atoms with Crippen LogP contribution in [-0.4, -0.2) is 15.7 Å². The summed E-state index contributed by atoms with van der Waals surface area (Å²) in [6, 6.07) is 14.7. The zero-order valence-electron chi connectivity index (χ0n) is 18.4. The highest BCUT2D eigenvalue weighted by atomic mass is 16.3. The summed E-state index contributed by atoms with van der Waals surface area (Å²) < 4.78 is 1.48. The van der Waals surface area contributed by atoms with E-state index in [0.717, 1.165) is 27.8 Å². The molecular weight excluding hydrogens is 390 g/mol. The zero-order valence-corrected chi connectivity index (χ0v) is 18.4. The molecule has 6 nitrogen and oxygen atoms in total. The van der Waals surface area contributed by atoms with Gasteiger partial charge < -0.3 is 20.3 Å². The van der Waals surface area contributed by atoms with Crippen molar-refractivity contribution in [3.05, 3.63) is 92.9 Å². The van der Waals surface area contributed by atoms with E-state index in [-0.39, 0.29) is 17.5 Å². The van der Waals surface area contributed by atoms with E-state index in [1.165, 1.54) is 16.8 Å². The van der Waals surface area contributed by atoms with Crippen molar-refractivity contribution in [3.63, 3.8) is 0 Å². The molecule has 0 bridgehead atoms. The van der Waals surface area contributed by atoms with Crippen LogP contribution in [0.2, 0.25) is 0 Å². The Hall–Kier alpha value is -3.54. The summed E-state index contributed by atoms with van der Waals surface area (Å²) in [5.74, 6) is -0.263. The number of aromatic nitrogens is 1. The largest absolute Gasteiger partial charge is 0.505 e. The number of amides is 2. The van der Waals surface area contributed by atoms with Crippen LogP contribution in [0.3, 0.4) is 0 Å². The fraction of sp³-hybridized carbons (Fsp3) is 0.280. The molecule has 3 aromatic rings. The number of nitrogens with one attached hydrogen (secondary N) is 2. The molecule has 0 aliphatic heterocycles. The third kappa shape index (κ3) is 5.34. The molecule has 3 N–H and O–H groups in total. The minimum absolute atomic E-state index is 0.135. The number of hydrogen-bond donors (Lipinski definition) is 3. The maximum Gasteiger partial charge on any atom is 0.319 e. The van der Waals surface area contributed by atoms with Crippen LogP contribution in [0.4, 0.5) is 10.5 Å². The molecule has 2 aromatic carbocycles. The molecule has 0 fully saturated rings. The van der Waals surface area contributed by atoms with E-state index >= 15 is 0 Å². The summed E-state index contributed by atoms with van der Waals surface area (Å²) in [6.45, 7) is 8.32. The van der Waals surface area contributed by atoms with Gasteiger partial charge >= 0.3 is 6.03 Å². The average Bonchev–Trinajstić information content (AvgIpc) is 2.74. The molecule has 162 valence electrons. The van der Waals surface area contributed by atoms with Crippen molar-refractivity contribution in [3.8, 4) is 5.75 Å². The van der Waals surface area contributed by atoms with Crippen molar-refractivity contribution in [1.29, 1.82) is 0 Å². The van der Waals surface area contributed by atoms with Crippen LogP contribution in [0.25, 0.3) is 0 Å². The highest BCUT2D eigenvalue weighted by molar-refractivity contribution is 5.90. The van der Waals surface area contributed by atoms with Crippen LogP contribution in [0.1, 0.15) is 47.2 Å². The number of hydrogen-bond acceptors (Lipinski definition) is 3. The van der Waals surface area contributed by atoms with Crippen LogP contribution in [-0.2, 0) is 6.54 Å². The monoisotopic (exact) mass is 419 g/mol. The zero-order chi connectivity index (χ0) is 22.5. The van der Waals surface area contributed by atoms with E-state index < -0.39 is 11.6 Å². The van der Waals surface area contributed by atoms with E-state index in [9.17, 15) is 14.7 Å². The normalized spacial score (nSPS) is 11.7. The molecule has 0 aliphatic carbocycles. The van der Waals surface area contributed by atoms with Gasteiger partial charge in [-0.1, -0.05) is 60.5 Å². The first-order valence-corrected chi connectivity index (χ1v) is 10.4. The van der Waals surface area contributed by atoms with Gasteiger partial charge in [0, 0.05) is 6.20 Å². The smallest absolute Gasteiger partial charge is 0.319 e. The predicted molar refractivity (Wildman–Crippen MR) is 124 cm³/mol. The number of anilines is 1. The van der Waals surface area contributed by atoms with Crippen LogP contribution in [0.15, 0.2) is 59.5 Å². The van der Waals surface area contributed by atoms with E-state index in [4.69, 9.17) is 0 Å². The first kappa shape index (κ1) is 22.2. The molecule has 0 unspecified atom stereocenters. The van der Waals surface area contributed by atoms with Crippen LogP contribution >= 0.6 is 0 Å². The summed E-state index contributed by atoms with van der Waals surface area (Å²) in [7, 11) is 0. The lowest BCUT2D eigenvalue weighted by atomic mass is 10.0. The minimum Gasteiger partial charge on any atom is -0.505 e. The van der Waals surface area contributed by atoms with Crippen molar-refractivity contribution in [2.75, 3.05) is 5.32 Å². The van der Waals surface area contributed by atoms with Crippen LogP contribution < -0.4 is 16.2 Å². The second-order valence-electron chi connectivity index (χ2n) is 7.91. The van der Waals surface area contributed by atoms with E-state index in [1.807, 2.05) is 70.2 Å². The molecule has 0 saturated heterocycles. The van der Waals surface area contributed by atoms with Gasteiger partial charge in [-0.15, -0.1) is 0 Å². The second kappa shape index (κ2) is 9.51. The first-order valence-electron chi connectivity index (χ1n) is 10.4. The lowest BCUT2D eigenvalue weighted by molar-refractivity contribution is 0.248. The van der Waals surface area contributed by atoms with Crippen molar-refractivity contribution in [2.24, 2.45) is 0 Å². The molecule has 1 atom stereocenters. The molecular formula is C25H29N3O3. The van der Waals surface area contributed by atoms with Crippen molar-refractivity contribution in [2.45, 2.75) is 46.7 Å². The lowest BCUT2D eigenvalue weighted by Crippen LogP contribution is -2.35. The summed E-state index contributed by atoms with van der Waals surface area (Å²) in [6.07, 6.45) is 2.22. The Morgan fingerprint density at radius 2 is 1.71 bits per heavy atom. The molecule has 1 aromatic heterocycles. The van der Waals surface area contributed by atoms with E-state index in [2.05, 4.69) is 10.6 Å². The Morgan fingerprint density at radius 1 is 1.03 bits per heavy atom. The molecule has 3 rings (SSSR count). The van der Waals surface area contributed by atoms with Gasteiger partial charge in [0.05, 0.1) is 12.6 Å². The van der Waals surface area contributed by atoms with Gasteiger partial charge in [-0.05, 0) is 49.9 Å². The standard InChI is InChI=1S/C25H29N3O3/c1-5-21(19-10-7-16(2)8-11-19)26-25(31)27-23-22(29)12-13-28(24(23)30)15-20-14-17(3)6-9-18(20)4/h6-14,21,29H,5,15H2,1-4H3,(H2,26,27,31)/t21-/m0/s1. The Labute approximate surface area is 182 Å². The number of rotatable bonds is 6. The van der Waals surface area contributed by atoms with Gasteiger partial charge in [0.25, 0.3) is 5.56 Å². The average molecular weight is 420 g/mol. The van der Waals surface area contributed by atoms with Gasteiger partial charge in [0.2, 0.25) is 0 Å². The molecule has 0 spiro atoms. The van der Waals surface area contributed by atoms with Gasteiger partial charge in [0.1, 0.15) is 5.75 Å². The third-order valence-corrected chi connectivity index (χ3v) is 5.42. The van der Waals surface area contributed by atoms with Crippen LogP contribution in [0.5, 0.6) is 5.75 Å². The lowest BCUT2D eigenvalue weighted by Gasteiger charge is -2.19. The van der Waals surface area contributed by atoms with Gasteiger partial charge in [-0.2, -0.15) is 0 Å². The van der Waals surface area contributed by atoms with Crippen molar-refractivity contribution < 1.29 is 9.90 Å². The number of aromatic hydroxyl groups is 1. The Bertz CT molecular complexity index is 1130. The summed E-state index contributed by atoms with van der Waals surface area (Å²) in [5, 5.41) is 15.6. The number of benzene rings is 2. The van der Waals surface area contributed by atoms with E-state index in [1.54, 1.807) is 0 Å². The van der Waals surface area contributed by atoms with Crippen LogP contribution in [0, 0.1) is 20.8 Å². The molecule has 6 heteroatoms. The molecule has 0 saturated carbocycles. The summed E-state index contributed by atoms with van der Waals surface area (Å²) >= 11 is 0. The number of pyridine rings is 1. The fourth-order valence-corrected chi connectivity index (χ4v) is 3.49. The van der Waals surface area contributed by atoms with Gasteiger partial charge in [-0.3, -0.25) is 4.79 Å². The highest BCUT2D eigenvalue weighted by Crippen LogP contribution is 2.21. The SMILES string of the molecule is CC[C@H](NC(=O)Nc1c(O)ccn(Cc2cc(C)ccc2C)c1=O)c1ccc(C)cc1. The minimum atomic E-state index is -0.538. The van der Waals surface area contributed by atoms with Crippen molar-refractivity contribution >= 4 is 11.7 Å². The predicted octanol–water partition coefficient (Wildman–Crippen LogP) is 4.80. The topological polar surface area (TPSA) is 83.4 Å². The molecule has 0 radical (unpaired) electrons. The third-order valence-electron chi connectivity index (χ3n) is 5.42.